The van der Waals surface area contributed by atoms with Gasteiger partial charge in [0, 0.05) is 12.1 Å². The van der Waals surface area contributed by atoms with E-state index >= 15 is 0 Å². The van der Waals surface area contributed by atoms with Crippen molar-refractivity contribution in [2.45, 2.75) is 94.3 Å². The molecule has 2 aliphatic heterocycles. The average molecular weight is 789 g/mol. The Kier molecular flexibility index (Phi) is 18.5. The largest absolute Gasteiger partial charge is 0.446 e. The molecule has 8 nitrogen and oxygen atoms in total. The predicted octanol–water partition coefficient (Wildman–Crippen LogP) is 6.86. The second-order valence-corrected chi connectivity index (χ2v) is 12.8. The number of hydrogen-bond donors (Lipinski definition) is 5. The van der Waals surface area contributed by atoms with E-state index in [1.807, 2.05) is 30.3 Å². The van der Waals surface area contributed by atoms with Crippen LogP contribution in [-0.4, -0.2) is 80.1 Å². The summed E-state index contributed by atoms with van der Waals surface area (Å²) in [6, 6.07) is 17.7. The summed E-state index contributed by atoms with van der Waals surface area (Å²) in [4.78, 5) is 21.6. The lowest BCUT2D eigenvalue weighted by atomic mass is 9.64. The van der Waals surface area contributed by atoms with E-state index in [-0.39, 0.29) is 16.8 Å². The summed E-state index contributed by atoms with van der Waals surface area (Å²) in [7, 11) is 0. The van der Waals surface area contributed by atoms with Gasteiger partial charge in [-0.2, -0.15) is 44.6 Å². The maximum absolute atomic E-state index is 12.3. The molecule has 4 bridgehead atoms. The molecule has 290 valence electrons. The van der Waals surface area contributed by atoms with Crippen molar-refractivity contribution in [2.75, 3.05) is 5.34 Å². The Bertz CT molecular complexity index is 1280. The first kappa shape index (κ1) is 46.2. The zero-order valence-corrected chi connectivity index (χ0v) is 28.7. The van der Waals surface area contributed by atoms with Gasteiger partial charge in [0.1, 0.15) is 6.10 Å². The standard InChI is InChI=1S/C11H9F6NO2.C9H15NO.C8H9NO.C3H5F3O.CH2Cl2/c12-10(13,14)9(20,11(15,16)17)18-8(19)6-7-4-2-1-3-5-7;11-10-8-2-6-1-7(4-8)5-9(10)3-6;9-8(10)6-7-4-2-1-3-5-7;1-2(7)3(4,5)6;2-1-3/h1-5,20H,6H2,(H,18,19);6-9,11H,1-5H2;1-5H,6H2,(H2,9,10);2,7H,1H3;1H2. The fourth-order valence-corrected chi connectivity index (χ4v) is 5.64. The summed E-state index contributed by atoms with van der Waals surface area (Å²) in [5.41, 5.74) is 0.886. The lowest BCUT2D eigenvalue weighted by Crippen LogP contribution is -2.67. The summed E-state index contributed by atoms with van der Waals surface area (Å²) in [6.07, 6.45) is -12.7. The third kappa shape index (κ3) is 15.8. The smallest absolute Gasteiger partial charge is 0.384 e. The Morgan fingerprint density at radius 1 is 0.784 bits per heavy atom. The Hall–Kier alpha value is -2.83. The number of amides is 2. The molecular weight excluding hydrogens is 748 g/mol. The number of aliphatic hydroxyl groups is 2. The number of hydroxylamine groups is 2. The van der Waals surface area contributed by atoms with E-state index in [2.05, 4.69) is 0 Å². The van der Waals surface area contributed by atoms with Crippen molar-refractivity contribution >= 4 is 35.0 Å². The second-order valence-electron chi connectivity index (χ2n) is 12.0. The SMILES string of the molecule is CC(O)C(F)(F)F.ClCCl.NC(=O)Cc1ccccc1.O=C(Cc1ccccc1)NC(O)(C(F)(F)F)C(F)(F)F.ON1C2CC3CC(C2)CC1C3. The van der Waals surface area contributed by atoms with Crippen LogP contribution in [0.15, 0.2) is 60.7 Å². The van der Waals surface area contributed by atoms with E-state index < -0.39 is 42.7 Å². The molecule has 2 saturated carbocycles. The molecule has 2 saturated heterocycles. The number of carbonyl (C=O) groups is 2. The number of alkyl halides is 11. The Morgan fingerprint density at radius 2 is 1.12 bits per heavy atom. The van der Waals surface area contributed by atoms with E-state index in [0.717, 1.165) is 17.4 Å². The van der Waals surface area contributed by atoms with Crippen molar-refractivity contribution in [1.82, 2.24) is 10.4 Å². The molecule has 2 amide bonds. The van der Waals surface area contributed by atoms with Crippen molar-refractivity contribution in [3.05, 3.63) is 71.8 Å². The number of rotatable bonds is 5. The van der Waals surface area contributed by atoms with Crippen LogP contribution in [0.5, 0.6) is 0 Å². The van der Waals surface area contributed by atoms with Crippen LogP contribution in [0.3, 0.4) is 0 Å². The zero-order valence-electron chi connectivity index (χ0n) is 27.2. The molecule has 0 radical (unpaired) electrons. The average Bonchev–Trinajstić information content (AvgIpc) is 3.00. The first-order valence-electron chi connectivity index (χ1n) is 15.3. The van der Waals surface area contributed by atoms with Gasteiger partial charge >= 0.3 is 24.3 Å². The van der Waals surface area contributed by atoms with Crippen molar-refractivity contribution in [1.29, 1.82) is 0 Å². The summed E-state index contributed by atoms with van der Waals surface area (Å²) in [6.45, 7) is 0.681. The minimum atomic E-state index is -6.09. The normalized spacial score (nSPS) is 21.5. The predicted molar refractivity (Wildman–Crippen MR) is 170 cm³/mol. The Morgan fingerprint density at radius 3 is 1.41 bits per heavy atom. The molecule has 51 heavy (non-hydrogen) atoms. The Labute approximate surface area is 298 Å². The van der Waals surface area contributed by atoms with Gasteiger partial charge in [0.2, 0.25) is 11.8 Å². The molecular formula is C32H40Cl2F9N3O5. The summed E-state index contributed by atoms with van der Waals surface area (Å²) < 4.78 is 107. The maximum Gasteiger partial charge on any atom is 0.446 e. The highest BCUT2D eigenvalue weighted by Crippen LogP contribution is 2.48. The van der Waals surface area contributed by atoms with E-state index in [9.17, 15) is 54.3 Å². The van der Waals surface area contributed by atoms with Gasteiger partial charge in [-0.1, -0.05) is 60.7 Å². The summed E-state index contributed by atoms with van der Waals surface area (Å²) in [5.74, 6) is 0.0290. The Balaban J connectivity index is 0.000000355. The monoisotopic (exact) mass is 787 g/mol. The number of hydrogen-bond acceptors (Lipinski definition) is 6. The van der Waals surface area contributed by atoms with Gasteiger partial charge in [-0.25, -0.2) is 0 Å². The van der Waals surface area contributed by atoms with E-state index in [1.165, 1.54) is 56.4 Å². The molecule has 2 aromatic carbocycles. The van der Waals surface area contributed by atoms with Crippen LogP contribution in [0.25, 0.3) is 0 Å². The van der Waals surface area contributed by atoms with Crippen LogP contribution in [0, 0.1) is 11.8 Å². The number of halogens is 11. The molecule has 6 N–H and O–H groups in total. The van der Waals surface area contributed by atoms with Crippen molar-refractivity contribution in [2.24, 2.45) is 17.6 Å². The number of piperidine rings is 2. The van der Waals surface area contributed by atoms with Crippen LogP contribution in [0.2, 0.25) is 0 Å². The van der Waals surface area contributed by atoms with Gasteiger partial charge in [0.05, 0.1) is 18.2 Å². The summed E-state index contributed by atoms with van der Waals surface area (Å²) >= 11 is 9.53. The zero-order chi connectivity index (χ0) is 39.2. The number of carbonyl (C=O) groups excluding carboxylic acids is 2. The van der Waals surface area contributed by atoms with E-state index in [4.69, 9.17) is 39.1 Å². The van der Waals surface area contributed by atoms with Gasteiger partial charge in [0.25, 0.3) is 0 Å². The topological polar surface area (TPSA) is 136 Å². The number of aliphatic hydroxyl groups excluding tert-OH is 1. The second kappa shape index (κ2) is 20.4. The molecule has 1 atom stereocenters. The highest BCUT2D eigenvalue weighted by atomic mass is 35.5. The first-order chi connectivity index (χ1) is 23.4. The van der Waals surface area contributed by atoms with Crippen molar-refractivity contribution in [3.8, 4) is 0 Å². The molecule has 19 heteroatoms. The fraction of sp³-hybridized carbons (Fsp3) is 0.562. The number of nitrogens with two attached hydrogens (primary N) is 1. The molecule has 2 heterocycles. The van der Waals surface area contributed by atoms with E-state index in [0.29, 0.717) is 30.7 Å². The minimum Gasteiger partial charge on any atom is -0.384 e. The summed E-state index contributed by atoms with van der Waals surface area (Å²) in [5, 5.41) is 28.6. The molecule has 2 aromatic rings. The van der Waals surface area contributed by atoms with E-state index in [1.54, 1.807) is 11.1 Å². The number of benzene rings is 2. The molecule has 2 aliphatic carbocycles. The number of nitrogens with zero attached hydrogens (tertiary/aromatic N) is 1. The minimum absolute atomic E-state index is 0.194. The fourth-order valence-electron chi connectivity index (χ4n) is 5.64. The molecule has 6 rings (SSSR count). The highest BCUT2D eigenvalue weighted by Gasteiger charge is 2.71. The number of nitrogens with one attached hydrogen (secondary N) is 1. The first-order valence-corrected chi connectivity index (χ1v) is 16.4. The van der Waals surface area contributed by atoms with Crippen LogP contribution in [0.1, 0.15) is 50.2 Å². The lowest BCUT2D eigenvalue weighted by molar-refractivity contribution is -0.376. The number of primary amides is 1. The molecule has 4 aliphatic rings. The van der Waals surface area contributed by atoms with Crippen LogP contribution in [0.4, 0.5) is 39.5 Å². The quantitative estimate of drug-likeness (QED) is 0.128. The van der Waals surface area contributed by atoms with Gasteiger partial charge in [0.15, 0.2) is 0 Å². The molecule has 0 spiro atoms. The van der Waals surface area contributed by atoms with Crippen molar-refractivity contribution in [3.63, 3.8) is 0 Å². The maximum atomic E-state index is 12.3. The molecule has 1 unspecified atom stereocenters. The van der Waals surface area contributed by atoms with Crippen LogP contribution < -0.4 is 11.1 Å². The van der Waals surface area contributed by atoms with Gasteiger partial charge in [-0.3, -0.25) is 9.59 Å². The van der Waals surface area contributed by atoms with Crippen molar-refractivity contribution < 1.29 is 64.5 Å². The lowest BCUT2D eigenvalue weighted by Gasteiger charge is -2.53. The third-order valence-corrected chi connectivity index (χ3v) is 7.88. The van der Waals surface area contributed by atoms with Gasteiger partial charge in [-0.15, -0.1) is 23.2 Å². The third-order valence-electron chi connectivity index (χ3n) is 7.88. The van der Waals surface area contributed by atoms with Gasteiger partial charge < -0.3 is 26.5 Å². The van der Waals surface area contributed by atoms with Gasteiger partial charge in [-0.05, 0) is 62.0 Å². The van der Waals surface area contributed by atoms with Crippen LogP contribution >= 0.6 is 23.2 Å². The highest BCUT2D eigenvalue weighted by molar-refractivity contribution is 6.40. The van der Waals surface area contributed by atoms with Crippen LogP contribution in [-0.2, 0) is 22.4 Å². The molecule has 4 fully saturated rings. The molecule has 0 aromatic heterocycles.